The van der Waals surface area contributed by atoms with E-state index in [-0.39, 0.29) is 23.5 Å². The molecule has 0 unspecified atom stereocenters. The Morgan fingerprint density at radius 1 is 1.18 bits per heavy atom. The first kappa shape index (κ1) is 21.0. The molecule has 0 radical (unpaired) electrons. The highest BCUT2D eigenvalue weighted by molar-refractivity contribution is 7.99. The van der Waals surface area contributed by atoms with Crippen LogP contribution in [0, 0.1) is 5.82 Å². The van der Waals surface area contributed by atoms with Crippen LogP contribution in [0.25, 0.3) is 0 Å². The number of benzene rings is 2. The van der Waals surface area contributed by atoms with E-state index in [0.717, 1.165) is 18.7 Å². The second-order valence-electron chi connectivity index (χ2n) is 7.16. The quantitative estimate of drug-likeness (QED) is 0.634. The third kappa shape index (κ3) is 5.89. The van der Waals surface area contributed by atoms with Crippen molar-refractivity contribution in [3.63, 3.8) is 0 Å². The lowest BCUT2D eigenvalue weighted by Gasteiger charge is -2.29. The van der Waals surface area contributed by atoms with Crippen molar-refractivity contribution in [1.29, 1.82) is 0 Å². The number of carbonyl (C=O) groups is 1. The lowest BCUT2D eigenvalue weighted by molar-refractivity contribution is -0.119. The van der Waals surface area contributed by atoms with Crippen LogP contribution in [0.3, 0.4) is 0 Å². The van der Waals surface area contributed by atoms with E-state index < -0.39 is 0 Å². The van der Waals surface area contributed by atoms with Crippen LogP contribution in [0.4, 0.5) is 10.1 Å². The Labute approximate surface area is 175 Å². The first-order valence-electron chi connectivity index (χ1n) is 9.69. The fourth-order valence-electron chi connectivity index (χ4n) is 3.38. The Balaban J connectivity index is 1.45. The number of amides is 1. The lowest BCUT2D eigenvalue weighted by atomic mass is 10.1. The molecule has 0 saturated carbocycles. The number of hydrogen-bond donors (Lipinski definition) is 1. The van der Waals surface area contributed by atoms with Crippen molar-refractivity contribution in [2.45, 2.75) is 38.0 Å². The van der Waals surface area contributed by atoms with Gasteiger partial charge in [-0.25, -0.2) is 4.39 Å². The summed E-state index contributed by atoms with van der Waals surface area (Å²) in [5.74, 6) is 0.350. The van der Waals surface area contributed by atoms with Crippen LogP contribution >= 0.6 is 23.4 Å². The van der Waals surface area contributed by atoms with Gasteiger partial charge < -0.3 is 10.2 Å². The van der Waals surface area contributed by atoms with Crippen LogP contribution in [0.5, 0.6) is 0 Å². The number of nitrogens with zero attached hydrogens (tertiary/aromatic N) is 1. The maximum absolute atomic E-state index is 13.8. The highest BCUT2D eigenvalue weighted by atomic mass is 35.5. The van der Waals surface area contributed by atoms with Gasteiger partial charge in [0.1, 0.15) is 5.82 Å². The van der Waals surface area contributed by atoms with Gasteiger partial charge in [0.15, 0.2) is 0 Å². The van der Waals surface area contributed by atoms with Crippen molar-refractivity contribution in [1.82, 2.24) is 5.32 Å². The van der Waals surface area contributed by atoms with Crippen molar-refractivity contribution in [3.05, 3.63) is 64.4 Å². The van der Waals surface area contributed by atoms with Crippen LogP contribution in [-0.4, -0.2) is 24.7 Å². The van der Waals surface area contributed by atoms with Crippen molar-refractivity contribution >= 4 is 35.0 Å². The summed E-state index contributed by atoms with van der Waals surface area (Å²) in [6, 6.07) is 13.0. The highest BCUT2D eigenvalue weighted by Crippen LogP contribution is 2.23. The van der Waals surface area contributed by atoms with Gasteiger partial charge in [0.2, 0.25) is 5.91 Å². The van der Waals surface area contributed by atoms with Crippen molar-refractivity contribution < 1.29 is 9.18 Å². The van der Waals surface area contributed by atoms with E-state index >= 15 is 0 Å². The number of piperidine rings is 1. The number of anilines is 1. The van der Waals surface area contributed by atoms with Gasteiger partial charge in [0, 0.05) is 29.6 Å². The van der Waals surface area contributed by atoms with E-state index in [0.29, 0.717) is 16.3 Å². The molecule has 1 heterocycles. The van der Waals surface area contributed by atoms with E-state index in [4.69, 9.17) is 11.6 Å². The molecule has 6 heteroatoms. The molecule has 1 aliphatic heterocycles. The Hall–Kier alpha value is -1.72. The number of hydrogen-bond acceptors (Lipinski definition) is 3. The third-order valence-electron chi connectivity index (χ3n) is 5.00. The molecule has 0 aliphatic carbocycles. The monoisotopic (exact) mass is 420 g/mol. The number of rotatable bonds is 7. The molecule has 0 bridgehead atoms. The van der Waals surface area contributed by atoms with Crippen LogP contribution in [-0.2, 0) is 10.5 Å². The molecule has 3 nitrogen and oxygen atoms in total. The lowest BCUT2D eigenvalue weighted by Crippen LogP contribution is -2.30. The zero-order valence-corrected chi connectivity index (χ0v) is 17.7. The summed E-state index contributed by atoms with van der Waals surface area (Å²) in [5, 5.41) is 3.40. The number of nitrogens with one attached hydrogen (secondary N) is 1. The molecule has 1 atom stereocenters. The largest absolute Gasteiger partial charge is 0.372 e. The zero-order chi connectivity index (χ0) is 19.9. The van der Waals surface area contributed by atoms with E-state index in [1.54, 1.807) is 12.1 Å². The minimum atomic E-state index is -0.331. The van der Waals surface area contributed by atoms with Gasteiger partial charge >= 0.3 is 0 Å². The summed E-state index contributed by atoms with van der Waals surface area (Å²) in [5.41, 5.74) is 2.90. The minimum Gasteiger partial charge on any atom is -0.372 e. The Kier molecular flexibility index (Phi) is 7.63. The van der Waals surface area contributed by atoms with Crippen molar-refractivity contribution in [2.75, 3.05) is 23.7 Å². The third-order valence-corrected chi connectivity index (χ3v) is 6.21. The maximum Gasteiger partial charge on any atom is 0.230 e. The summed E-state index contributed by atoms with van der Waals surface area (Å²) < 4.78 is 13.8. The summed E-state index contributed by atoms with van der Waals surface area (Å²) in [6.07, 6.45) is 3.83. The van der Waals surface area contributed by atoms with Gasteiger partial charge in [0.05, 0.1) is 11.8 Å². The summed E-state index contributed by atoms with van der Waals surface area (Å²) in [7, 11) is 0. The second-order valence-corrected chi connectivity index (χ2v) is 8.58. The molecule has 2 aromatic carbocycles. The first-order chi connectivity index (χ1) is 13.5. The second kappa shape index (κ2) is 10.2. The summed E-state index contributed by atoms with van der Waals surface area (Å²) >= 11 is 7.15. The fourth-order valence-corrected chi connectivity index (χ4v) is 4.37. The topological polar surface area (TPSA) is 32.3 Å². The van der Waals surface area contributed by atoms with Crippen LogP contribution in [0.1, 0.15) is 43.4 Å². The standard InChI is InChI=1S/C22H26ClFN2OS/c1-16(17-6-9-20(10-7-17)26-11-3-2-4-12-26)25-22(27)15-28-14-18-5-8-19(23)13-21(18)24/h5-10,13,16H,2-4,11-12,14-15H2,1H3,(H,25,27)/t16-/m1/s1. The predicted octanol–water partition coefficient (Wildman–Crippen LogP) is 5.58. The molecule has 1 fully saturated rings. The Morgan fingerprint density at radius 3 is 2.57 bits per heavy atom. The highest BCUT2D eigenvalue weighted by Gasteiger charge is 2.13. The summed E-state index contributed by atoms with van der Waals surface area (Å²) in [6.45, 7) is 4.23. The number of thioether (sulfide) groups is 1. The molecule has 28 heavy (non-hydrogen) atoms. The fraction of sp³-hybridized carbons (Fsp3) is 0.409. The van der Waals surface area contributed by atoms with Crippen molar-refractivity contribution in [3.8, 4) is 0 Å². The van der Waals surface area contributed by atoms with Crippen molar-refractivity contribution in [2.24, 2.45) is 0 Å². The molecule has 1 N–H and O–H groups in total. The average molecular weight is 421 g/mol. The minimum absolute atomic E-state index is 0.0491. The molecule has 1 aliphatic rings. The molecule has 3 rings (SSSR count). The molecule has 1 saturated heterocycles. The van der Waals surface area contributed by atoms with Gasteiger partial charge in [-0.05, 0) is 61.6 Å². The van der Waals surface area contributed by atoms with E-state index in [9.17, 15) is 9.18 Å². The zero-order valence-electron chi connectivity index (χ0n) is 16.1. The smallest absolute Gasteiger partial charge is 0.230 e. The number of halogens is 2. The molecular weight excluding hydrogens is 395 g/mol. The van der Waals surface area contributed by atoms with Gasteiger partial charge in [0.25, 0.3) is 0 Å². The maximum atomic E-state index is 13.8. The van der Waals surface area contributed by atoms with Crippen LogP contribution in [0.15, 0.2) is 42.5 Å². The normalized spacial score (nSPS) is 15.3. The predicted molar refractivity (Wildman–Crippen MR) is 117 cm³/mol. The molecule has 150 valence electrons. The SMILES string of the molecule is C[C@@H](NC(=O)CSCc1ccc(Cl)cc1F)c1ccc(N2CCCCC2)cc1. The summed E-state index contributed by atoms with van der Waals surface area (Å²) in [4.78, 5) is 14.6. The van der Waals surface area contributed by atoms with E-state index in [1.165, 1.54) is 42.8 Å². The van der Waals surface area contributed by atoms with E-state index in [1.807, 2.05) is 6.92 Å². The molecular formula is C22H26ClFN2OS. The molecule has 0 spiro atoms. The Morgan fingerprint density at radius 2 is 1.89 bits per heavy atom. The average Bonchev–Trinajstić information content (AvgIpc) is 2.70. The van der Waals surface area contributed by atoms with Crippen LogP contribution in [0.2, 0.25) is 5.02 Å². The van der Waals surface area contributed by atoms with E-state index in [2.05, 4.69) is 34.5 Å². The molecule has 0 aromatic heterocycles. The van der Waals surface area contributed by atoms with Gasteiger partial charge in [-0.15, -0.1) is 11.8 Å². The Bertz CT molecular complexity index is 794. The van der Waals surface area contributed by atoms with Gasteiger partial charge in [-0.3, -0.25) is 4.79 Å². The van der Waals surface area contributed by atoms with Gasteiger partial charge in [-0.1, -0.05) is 29.8 Å². The first-order valence-corrected chi connectivity index (χ1v) is 11.2. The van der Waals surface area contributed by atoms with Crippen LogP contribution < -0.4 is 10.2 Å². The van der Waals surface area contributed by atoms with Gasteiger partial charge in [-0.2, -0.15) is 0 Å². The molecule has 2 aromatic rings. The number of carbonyl (C=O) groups excluding carboxylic acids is 1. The molecule has 1 amide bonds.